The number of anilines is 1. The van der Waals surface area contributed by atoms with E-state index >= 15 is 0 Å². The summed E-state index contributed by atoms with van der Waals surface area (Å²) in [6.07, 6.45) is 2.44. The Balaban J connectivity index is 1.90. The van der Waals surface area contributed by atoms with Crippen molar-refractivity contribution in [1.82, 2.24) is 5.32 Å². The predicted molar refractivity (Wildman–Crippen MR) is 69.9 cm³/mol. The molecule has 1 heterocycles. The first-order valence-corrected chi connectivity index (χ1v) is 6.17. The Hall–Kier alpha value is -1.53. The van der Waals surface area contributed by atoms with Crippen LogP contribution < -0.4 is 10.6 Å². The maximum Gasteiger partial charge on any atom is 0.0991 e. The lowest BCUT2D eigenvalue weighted by Crippen LogP contribution is -2.39. The molecule has 1 aromatic rings. The van der Waals surface area contributed by atoms with Crippen LogP contribution in [0.1, 0.15) is 25.3 Å². The van der Waals surface area contributed by atoms with Crippen LogP contribution in [0.5, 0.6) is 0 Å². The zero-order valence-corrected chi connectivity index (χ0v) is 10.3. The monoisotopic (exact) mass is 229 g/mol. The van der Waals surface area contributed by atoms with Gasteiger partial charge in [-0.2, -0.15) is 5.26 Å². The molecule has 3 heteroatoms. The maximum absolute atomic E-state index is 8.73. The molecule has 1 saturated heterocycles. The Morgan fingerprint density at radius 1 is 1.29 bits per heavy atom. The fourth-order valence-electron chi connectivity index (χ4n) is 2.19. The van der Waals surface area contributed by atoms with E-state index in [0.717, 1.165) is 25.3 Å². The van der Waals surface area contributed by atoms with Crippen molar-refractivity contribution < 1.29 is 0 Å². The fraction of sp³-hybridized carbons (Fsp3) is 0.500. The summed E-state index contributed by atoms with van der Waals surface area (Å²) in [7, 11) is 0. The largest absolute Gasteiger partial charge is 0.384 e. The number of nitrogens with zero attached hydrogens (tertiary/aromatic N) is 1. The first kappa shape index (κ1) is 11.9. The highest BCUT2D eigenvalue weighted by molar-refractivity contribution is 5.47. The molecule has 0 saturated carbocycles. The van der Waals surface area contributed by atoms with Gasteiger partial charge in [-0.1, -0.05) is 6.92 Å². The van der Waals surface area contributed by atoms with Crippen LogP contribution in [0.3, 0.4) is 0 Å². The average molecular weight is 229 g/mol. The third-order valence-electron chi connectivity index (χ3n) is 3.54. The Morgan fingerprint density at radius 3 is 2.53 bits per heavy atom. The molecule has 3 nitrogen and oxygen atoms in total. The van der Waals surface area contributed by atoms with Crippen LogP contribution in [0.2, 0.25) is 0 Å². The second-order valence-electron chi connectivity index (χ2n) is 5.10. The minimum absolute atomic E-state index is 0.388. The first-order valence-electron chi connectivity index (χ1n) is 6.17. The van der Waals surface area contributed by atoms with Gasteiger partial charge in [0.15, 0.2) is 0 Å². The predicted octanol–water partition coefficient (Wildman–Crippen LogP) is 2.36. The minimum atomic E-state index is 0.388. The summed E-state index contributed by atoms with van der Waals surface area (Å²) in [6, 6.07) is 9.79. The van der Waals surface area contributed by atoms with Crippen LogP contribution in [-0.4, -0.2) is 19.6 Å². The molecular formula is C14H19N3. The van der Waals surface area contributed by atoms with Gasteiger partial charge in [-0.05, 0) is 55.6 Å². The van der Waals surface area contributed by atoms with Crippen molar-refractivity contribution in [3.8, 4) is 6.07 Å². The lowest BCUT2D eigenvalue weighted by atomic mass is 9.81. The van der Waals surface area contributed by atoms with Gasteiger partial charge in [0.1, 0.15) is 0 Å². The van der Waals surface area contributed by atoms with E-state index in [2.05, 4.69) is 23.6 Å². The van der Waals surface area contributed by atoms with Crippen molar-refractivity contribution in [3.63, 3.8) is 0 Å². The molecule has 1 fully saturated rings. The van der Waals surface area contributed by atoms with Gasteiger partial charge in [-0.15, -0.1) is 0 Å². The Bertz CT molecular complexity index is 396. The maximum atomic E-state index is 8.73. The molecule has 0 aromatic heterocycles. The molecule has 90 valence electrons. The van der Waals surface area contributed by atoms with Crippen LogP contribution in [0.15, 0.2) is 24.3 Å². The summed E-state index contributed by atoms with van der Waals surface area (Å²) in [5.74, 6) is 0. The lowest BCUT2D eigenvalue weighted by molar-refractivity contribution is 0.247. The quantitative estimate of drug-likeness (QED) is 0.836. The van der Waals surface area contributed by atoms with E-state index in [1.807, 2.05) is 24.3 Å². The highest BCUT2D eigenvalue weighted by Gasteiger charge is 2.26. The molecule has 0 radical (unpaired) electrons. The summed E-state index contributed by atoms with van der Waals surface area (Å²) in [5, 5.41) is 15.6. The third kappa shape index (κ3) is 3.21. The molecule has 0 spiro atoms. The van der Waals surface area contributed by atoms with Gasteiger partial charge in [-0.3, -0.25) is 0 Å². The second-order valence-corrected chi connectivity index (χ2v) is 5.10. The zero-order chi connectivity index (χ0) is 12.1. The number of rotatable bonds is 3. The van der Waals surface area contributed by atoms with Crippen molar-refractivity contribution in [1.29, 1.82) is 5.26 Å². The van der Waals surface area contributed by atoms with E-state index in [1.54, 1.807) is 0 Å². The van der Waals surface area contributed by atoms with Crippen molar-refractivity contribution in [2.45, 2.75) is 19.8 Å². The normalized spacial score (nSPS) is 18.4. The van der Waals surface area contributed by atoms with E-state index in [-0.39, 0.29) is 0 Å². The topological polar surface area (TPSA) is 47.9 Å². The zero-order valence-electron chi connectivity index (χ0n) is 10.3. The summed E-state index contributed by atoms with van der Waals surface area (Å²) in [4.78, 5) is 0. The van der Waals surface area contributed by atoms with E-state index in [9.17, 15) is 0 Å². The molecule has 1 aliphatic rings. The van der Waals surface area contributed by atoms with Gasteiger partial charge in [0.2, 0.25) is 0 Å². The number of benzene rings is 1. The molecule has 0 bridgehead atoms. The molecule has 0 atom stereocenters. The van der Waals surface area contributed by atoms with Crippen molar-refractivity contribution in [3.05, 3.63) is 29.8 Å². The van der Waals surface area contributed by atoms with E-state index in [0.29, 0.717) is 11.0 Å². The van der Waals surface area contributed by atoms with E-state index in [1.165, 1.54) is 12.8 Å². The SMILES string of the molecule is CC1(CNc2ccc(C#N)cc2)CCNCC1. The number of nitrogens with one attached hydrogen (secondary N) is 2. The number of piperidine rings is 1. The fourth-order valence-corrected chi connectivity index (χ4v) is 2.19. The van der Waals surface area contributed by atoms with Crippen LogP contribution in [0.25, 0.3) is 0 Å². The molecular weight excluding hydrogens is 210 g/mol. The summed E-state index contributed by atoms with van der Waals surface area (Å²) in [5.41, 5.74) is 2.20. The smallest absolute Gasteiger partial charge is 0.0991 e. The standard InChI is InChI=1S/C14H19N3/c1-14(6-8-16-9-7-14)11-17-13-4-2-12(10-15)3-5-13/h2-5,16-17H,6-9,11H2,1H3. The van der Waals surface area contributed by atoms with Gasteiger partial charge in [-0.25, -0.2) is 0 Å². The van der Waals surface area contributed by atoms with Gasteiger partial charge < -0.3 is 10.6 Å². The van der Waals surface area contributed by atoms with Crippen molar-refractivity contribution in [2.24, 2.45) is 5.41 Å². The summed E-state index contributed by atoms with van der Waals surface area (Å²) < 4.78 is 0. The molecule has 1 aromatic carbocycles. The second kappa shape index (κ2) is 5.20. The van der Waals surface area contributed by atoms with Gasteiger partial charge in [0.25, 0.3) is 0 Å². The van der Waals surface area contributed by atoms with Crippen LogP contribution in [-0.2, 0) is 0 Å². The number of hydrogen-bond acceptors (Lipinski definition) is 3. The average Bonchev–Trinajstić information content (AvgIpc) is 2.38. The van der Waals surface area contributed by atoms with Gasteiger partial charge in [0, 0.05) is 12.2 Å². The van der Waals surface area contributed by atoms with E-state index in [4.69, 9.17) is 5.26 Å². The van der Waals surface area contributed by atoms with Gasteiger partial charge >= 0.3 is 0 Å². The Labute approximate surface area is 103 Å². The Kier molecular flexibility index (Phi) is 3.65. The van der Waals surface area contributed by atoms with Crippen molar-refractivity contribution in [2.75, 3.05) is 25.0 Å². The molecule has 1 aliphatic heterocycles. The van der Waals surface area contributed by atoms with Crippen LogP contribution in [0, 0.1) is 16.7 Å². The number of nitriles is 1. The van der Waals surface area contributed by atoms with Crippen LogP contribution >= 0.6 is 0 Å². The highest BCUT2D eigenvalue weighted by atomic mass is 14.9. The highest BCUT2D eigenvalue weighted by Crippen LogP contribution is 2.28. The number of hydrogen-bond donors (Lipinski definition) is 2. The van der Waals surface area contributed by atoms with Gasteiger partial charge in [0.05, 0.1) is 11.6 Å². The molecule has 0 amide bonds. The molecule has 2 rings (SSSR count). The lowest BCUT2D eigenvalue weighted by Gasteiger charge is -2.34. The van der Waals surface area contributed by atoms with E-state index < -0.39 is 0 Å². The first-order chi connectivity index (χ1) is 8.22. The summed E-state index contributed by atoms with van der Waals surface area (Å²) >= 11 is 0. The summed E-state index contributed by atoms with van der Waals surface area (Å²) in [6.45, 7) is 5.57. The van der Waals surface area contributed by atoms with Crippen molar-refractivity contribution >= 4 is 5.69 Å². The minimum Gasteiger partial charge on any atom is -0.384 e. The molecule has 2 N–H and O–H groups in total. The molecule has 0 aliphatic carbocycles. The van der Waals surface area contributed by atoms with Crippen LogP contribution in [0.4, 0.5) is 5.69 Å². The molecule has 0 unspecified atom stereocenters. The third-order valence-corrected chi connectivity index (χ3v) is 3.54. The molecule has 17 heavy (non-hydrogen) atoms. The Morgan fingerprint density at radius 2 is 1.94 bits per heavy atom.